The maximum atomic E-state index is 12.2. The van der Waals surface area contributed by atoms with Crippen LogP contribution in [0.3, 0.4) is 0 Å². The molecule has 0 fully saturated rings. The molecule has 1 nitrogen and oxygen atoms in total. The zero-order chi connectivity index (χ0) is 12.3. The number of halogens is 5. The van der Waals surface area contributed by atoms with Crippen LogP contribution in [0, 0.1) is 0 Å². The fourth-order valence-electron chi connectivity index (χ4n) is 1.09. The summed E-state index contributed by atoms with van der Waals surface area (Å²) in [4.78, 5) is 3.29. The van der Waals surface area contributed by atoms with Gasteiger partial charge < -0.3 is 0 Å². The van der Waals surface area contributed by atoms with Crippen LogP contribution in [0.15, 0.2) is 29.3 Å². The van der Waals surface area contributed by atoms with Gasteiger partial charge in [0, 0.05) is 4.83 Å². The largest absolute Gasteiger partial charge is 0.444 e. The predicted molar refractivity (Wildman–Crippen MR) is 62.8 cm³/mol. The topological polar surface area (TPSA) is 12.4 Å². The zero-order valence-corrected chi connectivity index (χ0v) is 10.6. The van der Waals surface area contributed by atoms with Crippen LogP contribution in [-0.4, -0.2) is 11.3 Å². The summed E-state index contributed by atoms with van der Waals surface area (Å²) in [5.41, 5.74) is 0.874. The van der Waals surface area contributed by atoms with Crippen molar-refractivity contribution in [2.45, 2.75) is 17.9 Å². The van der Waals surface area contributed by atoms with Crippen molar-refractivity contribution in [3.8, 4) is 0 Å². The summed E-state index contributed by atoms with van der Waals surface area (Å²) in [6, 6.07) is 6.52. The lowest BCUT2D eigenvalue weighted by Crippen LogP contribution is -2.16. The van der Waals surface area contributed by atoms with E-state index in [1.54, 1.807) is 25.1 Å². The summed E-state index contributed by atoms with van der Waals surface area (Å²) in [7, 11) is 0. The van der Waals surface area contributed by atoms with E-state index in [4.69, 9.17) is 11.6 Å². The molecule has 0 radical (unpaired) electrons. The van der Waals surface area contributed by atoms with Crippen molar-refractivity contribution in [2.24, 2.45) is 4.99 Å². The molecule has 1 unspecified atom stereocenters. The highest BCUT2D eigenvalue weighted by Gasteiger charge is 2.34. The van der Waals surface area contributed by atoms with E-state index in [-0.39, 0.29) is 10.5 Å². The van der Waals surface area contributed by atoms with Gasteiger partial charge in [-0.25, -0.2) is 4.99 Å². The quantitative estimate of drug-likeness (QED) is 0.539. The van der Waals surface area contributed by atoms with Gasteiger partial charge in [0.25, 0.3) is 0 Å². The zero-order valence-electron chi connectivity index (χ0n) is 8.22. The van der Waals surface area contributed by atoms with Gasteiger partial charge in [-0.2, -0.15) is 13.2 Å². The number of hydrogen-bond donors (Lipinski definition) is 0. The molecule has 0 amide bonds. The van der Waals surface area contributed by atoms with Crippen LogP contribution in [0.2, 0.25) is 0 Å². The Hall–Kier alpha value is -0.550. The fourth-order valence-corrected chi connectivity index (χ4v) is 1.57. The Balaban J connectivity index is 3.15. The maximum Gasteiger partial charge on any atom is 0.444 e. The minimum atomic E-state index is -4.61. The normalized spacial score (nSPS) is 15.0. The monoisotopic (exact) mass is 313 g/mol. The van der Waals surface area contributed by atoms with Gasteiger partial charge in [-0.1, -0.05) is 45.7 Å². The first-order valence-corrected chi connectivity index (χ1v) is 5.66. The summed E-state index contributed by atoms with van der Waals surface area (Å²) in [6.07, 6.45) is -4.61. The number of alkyl halides is 4. The first-order chi connectivity index (χ1) is 7.32. The molecular weight excluding hydrogens is 306 g/mol. The standard InChI is InChI=1S/C10H8BrClF3N/c1-6(11)7-4-2-3-5-8(7)16-9(12)10(13,14)15/h2-6H,1H3. The molecule has 0 aliphatic carbocycles. The van der Waals surface area contributed by atoms with Crippen LogP contribution in [0.25, 0.3) is 0 Å². The summed E-state index contributed by atoms with van der Waals surface area (Å²) >= 11 is 8.36. The van der Waals surface area contributed by atoms with Crippen molar-refractivity contribution in [2.75, 3.05) is 0 Å². The van der Waals surface area contributed by atoms with Crippen molar-refractivity contribution in [3.63, 3.8) is 0 Å². The second-order valence-corrected chi connectivity index (χ2v) is 4.81. The molecule has 0 saturated heterocycles. The summed E-state index contributed by atoms with van der Waals surface area (Å²) in [6.45, 7) is 1.80. The molecule has 6 heteroatoms. The van der Waals surface area contributed by atoms with E-state index < -0.39 is 11.3 Å². The van der Waals surface area contributed by atoms with Gasteiger partial charge >= 0.3 is 6.18 Å². The lowest BCUT2D eigenvalue weighted by atomic mass is 10.1. The van der Waals surface area contributed by atoms with Crippen LogP contribution in [0.5, 0.6) is 0 Å². The lowest BCUT2D eigenvalue weighted by molar-refractivity contribution is -0.0558. The number of rotatable bonds is 2. The predicted octanol–water partition coefficient (Wildman–Crippen LogP) is 4.97. The number of hydrogen-bond acceptors (Lipinski definition) is 1. The van der Waals surface area contributed by atoms with Crippen LogP contribution >= 0.6 is 27.5 Å². The van der Waals surface area contributed by atoms with E-state index in [0.29, 0.717) is 5.56 Å². The highest BCUT2D eigenvalue weighted by Crippen LogP contribution is 2.32. The van der Waals surface area contributed by atoms with E-state index in [2.05, 4.69) is 20.9 Å². The molecule has 1 atom stereocenters. The Bertz CT molecular complexity index is 401. The molecule has 0 aliphatic heterocycles. The Kier molecular flexibility index (Phi) is 4.38. The lowest BCUT2D eigenvalue weighted by Gasteiger charge is -2.09. The molecule has 0 aliphatic rings. The van der Waals surface area contributed by atoms with Gasteiger partial charge in [0.1, 0.15) is 0 Å². The molecule has 88 valence electrons. The van der Waals surface area contributed by atoms with Gasteiger partial charge in [0.2, 0.25) is 5.17 Å². The van der Waals surface area contributed by atoms with Crippen molar-refractivity contribution in [1.29, 1.82) is 0 Å². The fraction of sp³-hybridized carbons (Fsp3) is 0.300. The first kappa shape index (κ1) is 13.5. The second kappa shape index (κ2) is 5.19. The van der Waals surface area contributed by atoms with Gasteiger partial charge in [-0.3, -0.25) is 0 Å². The van der Waals surface area contributed by atoms with Crippen LogP contribution in [0.1, 0.15) is 17.3 Å². The highest BCUT2D eigenvalue weighted by atomic mass is 79.9. The molecule has 0 bridgehead atoms. The van der Waals surface area contributed by atoms with Crippen molar-refractivity contribution < 1.29 is 13.2 Å². The maximum absolute atomic E-state index is 12.2. The average molecular weight is 315 g/mol. The number of aliphatic imine (C=N–C) groups is 1. The Labute approximate surface area is 104 Å². The van der Waals surface area contributed by atoms with E-state index in [9.17, 15) is 13.2 Å². The van der Waals surface area contributed by atoms with Gasteiger partial charge in [0.05, 0.1) is 5.69 Å². The average Bonchev–Trinajstić information content (AvgIpc) is 2.16. The minimum absolute atomic E-state index is 0.0925. The Morgan fingerprint density at radius 2 is 1.94 bits per heavy atom. The molecular formula is C10H8BrClF3N. The van der Waals surface area contributed by atoms with Crippen LogP contribution < -0.4 is 0 Å². The smallest absolute Gasteiger partial charge is 0.232 e. The van der Waals surface area contributed by atoms with Crippen molar-refractivity contribution >= 4 is 38.4 Å². The third-order valence-electron chi connectivity index (χ3n) is 1.82. The summed E-state index contributed by atoms with van der Waals surface area (Å²) < 4.78 is 36.6. The number of benzene rings is 1. The third-order valence-corrected chi connectivity index (χ3v) is 2.61. The Morgan fingerprint density at radius 3 is 2.44 bits per heavy atom. The molecule has 16 heavy (non-hydrogen) atoms. The molecule has 0 aromatic heterocycles. The molecule has 0 heterocycles. The Morgan fingerprint density at radius 1 is 1.38 bits per heavy atom. The molecule has 0 spiro atoms. The molecule has 0 saturated carbocycles. The third kappa shape index (κ3) is 3.49. The highest BCUT2D eigenvalue weighted by molar-refractivity contribution is 9.09. The summed E-state index contributed by atoms with van der Waals surface area (Å²) in [5, 5.41) is -1.37. The van der Waals surface area contributed by atoms with E-state index in [1.807, 2.05) is 0 Å². The van der Waals surface area contributed by atoms with E-state index in [1.165, 1.54) is 6.07 Å². The van der Waals surface area contributed by atoms with E-state index >= 15 is 0 Å². The molecule has 1 rings (SSSR count). The number of nitrogens with zero attached hydrogens (tertiary/aromatic N) is 1. The first-order valence-electron chi connectivity index (χ1n) is 4.36. The SMILES string of the molecule is CC(Br)c1ccccc1N=C(Cl)C(F)(F)F. The van der Waals surface area contributed by atoms with Gasteiger partial charge in [-0.05, 0) is 18.6 Å². The molecule has 1 aromatic rings. The molecule has 1 aromatic carbocycles. The van der Waals surface area contributed by atoms with E-state index in [0.717, 1.165) is 0 Å². The minimum Gasteiger partial charge on any atom is -0.232 e. The number of para-hydroxylation sites is 1. The molecule has 0 N–H and O–H groups in total. The van der Waals surface area contributed by atoms with Crippen LogP contribution in [0.4, 0.5) is 18.9 Å². The van der Waals surface area contributed by atoms with Gasteiger partial charge in [0.15, 0.2) is 0 Å². The second-order valence-electron chi connectivity index (χ2n) is 3.08. The van der Waals surface area contributed by atoms with Crippen LogP contribution in [-0.2, 0) is 0 Å². The van der Waals surface area contributed by atoms with Crippen molar-refractivity contribution in [1.82, 2.24) is 0 Å². The van der Waals surface area contributed by atoms with Crippen molar-refractivity contribution in [3.05, 3.63) is 29.8 Å². The summed E-state index contributed by atoms with van der Waals surface area (Å²) in [5.74, 6) is 0. The van der Waals surface area contributed by atoms with Gasteiger partial charge in [-0.15, -0.1) is 0 Å².